The van der Waals surface area contributed by atoms with Gasteiger partial charge in [-0.1, -0.05) is 25.8 Å². The highest BCUT2D eigenvalue weighted by molar-refractivity contribution is 5.81. The van der Waals surface area contributed by atoms with E-state index in [0.29, 0.717) is 13.1 Å². The average molecular weight is 263 g/mol. The van der Waals surface area contributed by atoms with Crippen molar-refractivity contribution in [3.8, 4) is 0 Å². The molecule has 0 aliphatic carbocycles. The molecule has 0 aromatic carbocycles. The number of carbonyl (C=O) groups is 1. The Balaban J connectivity index is 2.64. The lowest BCUT2D eigenvalue weighted by atomic mass is 10.1. The van der Waals surface area contributed by atoms with Gasteiger partial charge >= 0.3 is 0 Å². The standard InChI is InChI=1S/C15H25N3O/c1-4-6-10-14(16)15(19)18(5-2)11-13-9-7-8-12(3)17-13/h7-9,14H,4-6,10-11,16H2,1-3H3. The fourth-order valence-electron chi connectivity index (χ4n) is 2.01. The number of carbonyl (C=O) groups excluding carboxylic acids is 1. The molecule has 1 amide bonds. The van der Waals surface area contributed by atoms with Gasteiger partial charge in [-0.15, -0.1) is 0 Å². The largest absolute Gasteiger partial charge is 0.336 e. The van der Waals surface area contributed by atoms with Gasteiger partial charge in [0.15, 0.2) is 0 Å². The molecule has 0 fully saturated rings. The van der Waals surface area contributed by atoms with E-state index in [-0.39, 0.29) is 11.9 Å². The lowest BCUT2D eigenvalue weighted by molar-refractivity contribution is -0.133. The van der Waals surface area contributed by atoms with Crippen molar-refractivity contribution in [2.75, 3.05) is 6.54 Å². The minimum absolute atomic E-state index is 0.0271. The molecule has 1 aromatic rings. The summed E-state index contributed by atoms with van der Waals surface area (Å²) in [5.41, 5.74) is 7.84. The van der Waals surface area contributed by atoms with Crippen LogP contribution in [0.5, 0.6) is 0 Å². The molecule has 1 heterocycles. The normalized spacial score (nSPS) is 12.2. The maximum Gasteiger partial charge on any atom is 0.239 e. The molecule has 0 radical (unpaired) electrons. The number of likely N-dealkylation sites (N-methyl/N-ethyl adjacent to an activating group) is 1. The predicted molar refractivity (Wildman–Crippen MR) is 77.6 cm³/mol. The first-order valence-corrected chi connectivity index (χ1v) is 7.05. The highest BCUT2D eigenvalue weighted by atomic mass is 16.2. The Kier molecular flexibility index (Phi) is 6.50. The van der Waals surface area contributed by atoms with E-state index in [2.05, 4.69) is 11.9 Å². The van der Waals surface area contributed by atoms with Crippen molar-refractivity contribution in [1.82, 2.24) is 9.88 Å². The Morgan fingerprint density at radius 1 is 1.42 bits per heavy atom. The molecule has 0 saturated heterocycles. The summed E-state index contributed by atoms with van der Waals surface area (Å²) in [6.07, 6.45) is 2.81. The van der Waals surface area contributed by atoms with Crippen LogP contribution in [0.1, 0.15) is 44.5 Å². The van der Waals surface area contributed by atoms with E-state index in [4.69, 9.17) is 5.73 Å². The van der Waals surface area contributed by atoms with Gasteiger partial charge in [-0.05, 0) is 32.4 Å². The molecule has 1 atom stereocenters. The Labute approximate surface area is 116 Å². The number of hydrogen-bond donors (Lipinski definition) is 1. The quantitative estimate of drug-likeness (QED) is 0.821. The minimum atomic E-state index is -0.385. The van der Waals surface area contributed by atoms with Crippen LogP contribution in [0.3, 0.4) is 0 Å². The van der Waals surface area contributed by atoms with Gasteiger partial charge in [-0.2, -0.15) is 0 Å². The van der Waals surface area contributed by atoms with Crippen LogP contribution in [0.2, 0.25) is 0 Å². The van der Waals surface area contributed by atoms with Crippen LogP contribution in [0.25, 0.3) is 0 Å². The summed E-state index contributed by atoms with van der Waals surface area (Å²) >= 11 is 0. The molecule has 0 saturated carbocycles. The van der Waals surface area contributed by atoms with Gasteiger partial charge in [0.05, 0.1) is 18.3 Å². The average Bonchev–Trinajstić information content (AvgIpc) is 2.41. The van der Waals surface area contributed by atoms with Gasteiger partial charge in [-0.25, -0.2) is 0 Å². The van der Waals surface area contributed by atoms with Gasteiger partial charge < -0.3 is 10.6 Å². The fourth-order valence-corrected chi connectivity index (χ4v) is 2.01. The number of amides is 1. The molecule has 4 heteroatoms. The van der Waals surface area contributed by atoms with E-state index >= 15 is 0 Å². The monoisotopic (exact) mass is 263 g/mol. The molecule has 0 aliphatic heterocycles. The lowest BCUT2D eigenvalue weighted by Gasteiger charge is -2.24. The van der Waals surface area contributed by atoms with Gasteiger partial charge in [0.2, 0.25) is 5.91 Å². The highest BCUT2D eigenvalue weighted by Crippen LogP contribution is 2.07. The second-order valence-corrected chi connectivity index (χ2v) is 4.87. The summed E-state index contributed by atoms with van der Waals surface area (Å²) in [4.78, 5) is 18.5. The lowest BCUT2D eigenvalue weighted by Crippen LogP contribution is -2.43. The number of nitrogens with zero attached hydrogens (tertiary/aromatic N) is 2. The van der Waals surface area contributed by atoms with Crippen molar-refractivity contribution in [2.45, 2.75) is 52.6 Å². The van der Waals surface area contributed by atoms with Crippen molar-refractivity contribution in [2.24, 2.45) is 5.73 Å². The van der Waals surface area contributed by atoms with Crippen LogP contribution in [-0.2, 0) is 11.3 Å². The summed E-state index contributed by atoms with van der Waals surface area (Å²) in [6.45, 7) is 7.23. The van der Waals surface area contributed by atoms with E-state index in [1.807, 2.05) is 32.0 Å². The van der Waals surface area contributed by atoms with Gasteiger partial charge in [0.25, 0.3) is 0 Å². The van der Waals surface area contributed by atoms with Gasteiger partial charge in [0, 0.05) is 12.2 Å². The SMILES string of the molecule is CCCCC(N)C(=O)N(CC)Cc1cccc(C)n1. The summed E-state index contributed by atoms with van der Waals surface area (Å²) in [7, 11) is 0. The van der Waals surface area contributed by atoms with Crippen LogP contribution in [0, 0.1) is 6.92 Å². The Morgan fingerprint density at radius 3 is 2.74 bits per heavy atom. The minimum Gasteiger partial charge on any atom is -0.336 e. The number of nitrogens with two attached hydrogens (primary N) is 1. The third kappa shape index (κ3) is 4.99. The molecule has 0 bridgehead atoms. The first kappa shape index (κ1) is 15.6. The molecule has 1 aromatic heterocycles. The van der Waals surface area contributed by atoms with E-state index < -0.39 is 0 Å². The number of rotatable bonds is 7. The summed E-state index contributed by atoms with van der Waals surface area (Å²) < 4.78 is 0. The first-order valence-electron chi connectivity index (χ1n) is 7.05. The van der Waals surface area contributed by atoms with Gasteiger partial charge in [0.1, 0.15) is 0 Å². The summed E-state index contributed by atoms with van der Waals surface area (Å²) in [5, 5.41) is 0. The molecule has 1 unspecified atom stereocenters. The first-order chi connectivity index (χ1) is 9.08. The van der Waals surface area contributed by atoms with Crippen LogP contribution in [0.4, 0.5) is 0 Å². The molecule has 0 spiro atoms. The third-order valence-electron chi connectivity index (χ3n) is 3.18. The Bertz CT molecular complexity index is 406. The second kappa shape index (κ2) is 7.89. The van der Waals surface area contributed by atoms with E-state index in [9.17, 15) is 4.79 Å². The molecule has 19 heavy (non-hydrogen) atoms. The van der Waals surface area contributed by atoms with Crippen molar-refractivity contribution < 1.29 is 4.79 Å². The topological polar surface area (TPSA) is 59.2 Å². The number of pyridine rings is 1. The number of aromatic nitrogens is 1. The smallest absolute Gasteiger partial charge is 0.239 e. The van der Waals surface area contributed by atoms with E-state index in [1.165, 1.54) is 0 Å². The van der Waals surface area contributed by atoms with E-state index in [1.54, 1.807) is 4.90 Å². The number of hydrogen-bond acceptors (Lipinski definition) is 3. The zero-order valence-electron chi connectivity index (χ0n) is 12.2. The van der Waals surface area contributed by atoms with Crippen LogP contribution in [-0.4, -0.2) is 28.4 Å². The summed E-state index contributed by atoms with van der Waals surface area (Å²) in [5.74, 6) is 0.0271. The third-order valence-corrected chi connectivity index (χ3v) is 3.18. The van der Waals surface area contributed by atoms with Crippen molar-refractivity contribution in [3.63, 3.8) is 0 Å². The molecule has 2 N–H and O–H groups in total. The maximum absolute atomic E-state index is 12.2. The molecule has 1 rings (SSSR count). The Hall–Kier alpha value is -1.42. The fraction of sp³-hybridized carbons (Fsp3) is 0.600. The number of unbranched alkanes of at least 4 members (excludes halogenated alkanes) is 1. The molecular weight excluding hydrogens is 238 g/mol. The van der Waals surface area contributed by atoms with Crippen molar-refractivity contribution in [1.29, 1.82) is 0 Å². The number of aryl methyl sites for hydroxylation is 1. The van der Waals surface area contributed by atoms with Gasteiger partial charge in [-0.3, -0.25) is 9.78 Å². The zero-order chi connectivity index (χ0) is 14.3. The molecule has 0 aliphatic rings. The molecular formula is C15H25N3O. The maximum atomic E-state index is 12.2. The van der Waals surface area contributed by atoms with Crippen LogP contribution < -0.4 is 5.73 Å². The zero-order valence-corrected chi connectivity index (χ0v) is 12.2. The second-order valence-electron chi connectivity index (χ2n) is 4.87. The highest BCUT2D eigenvalue weighted by Gasteiger charge is 2.19. The van der Waals surface area contributed by atoms with Crippen LogP contribution >= 0.6 is 0 Å². The van der Waals surface area contributed by atoms with Crippen molar-refractivity contribution in [3.05, 3.63) is 29.6 Å². The van der Waals surface area contributed by atoms with Crippen molar-refractivity contribution >= 4 is 5.91 Å². The predicted octanol–water partition coefficient (Wildman–Crippen LogP) is 2.26. The summed E-state index contributed by atoms with van der Waals surface area (Å²) in [6, 6.07) is 5.48. The van der Waals surface area contributed by atoms with E-state index in [0.717, 1.165) is 30.7 Å². The molecule has 106 valence electrons. The Morgan fingerprint density at radius 2 is 2.16 bits per heavy atom. The van der Waals surface area contributed by atoms with Crippen LogP contribution in [0.15, 0.2) is 18.2 Å². The molecule has 4 nitrogen and oxygen atoms in total.